The van der Waals surface area contributed by atoms with Crippen LogP contribution in [-0.2, 0) is 6.42 Å². The zero-order chi connectivity index (χ0) is 15.6. The monoisotopic (exact) mass is 327 g/mol. The van der Waals surface area contributed by atoms with E-state index in [4.69, 9.17) is 16.6 Å². The molecule has 0 bridgehead atoms. The molecule has 1 aliphatic rings. The van der Waals surface area contributed by atoms with E-state index in [1.807, 2.05) is 35.1 Å². The molecule has 1 unspecified atom stereocenters. The predicted octanol–water partition coefficient (Wildman–Crippen LogP) is 2.99. The molecule has 1 saturated heterocycles. The van der Waals surface area contributed by atoms with Crippen LogP contribution in [0.3, 0.4) is 0 Å². The van der Waals surface area contributed by atoms with Gasteiger partial charge in [0.15, 0.2) is 0 Å². The van der Waals surface area contributed by atoms with Gasteiger partial charge in [-0.15, -0.1) is 0 Å². The van der Waals surface area contributed by atoms with Crippen molar-refractivity contribution in [3.63, 3.8) is 0 Å². The molecule has 23 heavy (non-hydrogen) atoms. The Balaban J connectivity index is 1.65. The highest BCUT2D eigenvalue weighted by molar-refractivity contribution is 6.30. The van der Waals surface area contributed by atoms with Gasteiger partial charge in [-0.05, 0) is 50.4 Å². The van der Waals surface area contributed by atoms with Crippen LogP contribution >= 0.6 is 11.6 Å². The summed E-state index contributed by atoms with van der Waals surface area (Å²) in [6.07, 6.45) is 10.8. The SMILES string of the molecule is Clc1ccc2ncc(-c3cncc(CC4CCCNC4)n3)n2c1. The number of pyridine rings is 1. The molecule has 0 spiro atoms. The van der Waals surface area contributed by atoms with Crippen molar-refractivity contribution < 1.29 is 0 Å². The molecule has 1 atom stereocenters. The van der Waals surface area contributed by atoms with Gasteiger partial charge >= 0.3 is 0 Å². The zero-order valence-electron chi connectivity index (χ0n) is 12.7. The van der Waals surface area contributed by atoms with Crippen LogP contribution in [0.25, 0.3) is 17.0 Å². The normalized spacial score (nSPS) is 18.4. The first-order valence-electron chi connectivity index (χ1n) is 7.94. The molecular formula is C17H18ClN5. The highest BCUT2D eigenvalue weighted by Gasteiger charge is 2.15. The lowest BCUT2D eigenvalue weighted by atomic mass is 9.95. The fourth-order valence-electron chi connectivity index (χ4n) is 3.17. The fraction of sp³-hybridized carbons (Fsp3) is 0.353. The Kier molecular flexibility index (Phi) is 3.97. The summed E-state index contributed by atoms with van der Waals surface area (Å²) in [7, 11) is 0. The Bertz CT molecular complexity index is 823. The van der Waals surface area contributed by atoms with Crippen LogP contribution in [0.4, 0.5) is 0 Å². The second-order valence-corrected chi connectivity index (χ2v) is 6.47. The molecule has 118 valence electrons. The number of imidazole rings is 1. The number of nitrogens with zero attached hydrogens (tertiary/aromatic N) is 4. The van der Waals surface area contributed by atoms with Crippen LogP contribution in [0.2, 0.25) is 5.02 Å². The van der Waals surface area contributed by atoms with Crippen molar-refractivity contribution in [1.29, 1.82) is 0 Å². The number of piperidine rings is 1. The third-order valence-electron chi connectivity index (χ3n) is 4.31. The summed E-state index contributed by atoms with van der Waals surface area (Å²) in [6, 6.07) is 3.74. The van der Waals surface area contributed by atoms with Gasteiger partial charge in [-0.3, -0.25) is 9.38 Å². The van der Waals surface area contributed by atoms with Crippen molar-refractivity contribution in [2.24, 2.45) is 5.92 Å². The van der Waals surface area contributed by atoms with Gasteiger partial charge in [0.2, 0.25) is 0 Å². The van der Waals surface area contributed by atoms with E-state index in [2.05, 4.69) is 15.3 Å². The second-order valence-electron chi connectivity index (χ2n) is 6.03. The van der Waals surface area contributed by atoms with Gasteiger partial charge in [-0.25, -0.2) is 9.97 Å². The smallest absolute Gasteiger partial charge is 0.137 e. The largest absolute Gasteiger partial charge is 0.316 e. The molecule has 6 heteroatoms. The summed E-state index contributed by atoms with van der Waals surface area (Å²) in [6.45, 7) is 2.20. The van der Waals surface area contributed by atoms with E-state index in [-0.39, 0.29) is 0 Å². The number of hydrogen-bond donors (Lipinski definition) is 1. The summed E-state index contributed by atoms with van der Waals surface area (Å²) >= 11 is 6.10. The molecule has 0 aromatic carbocycles. The summed E-state index contributed by atoms with van der Waals surface area (Å²) in [4.78, 5) is 13.6. The predicted molar refractivity (Wildman–Crippen MR) is 90.5 cm³/mol. The highest BCUT2D eigenvalue weighted by atomic mass is 35.5. The Hall–Kier alpha value is -1.98. The lowest BCUT2D eigenvalue weighted by Crippen LogP contribution is -2.31. The maximum atomic E-state index is 6.10. The molecule has 0 saturated carbocycles. The van der Waals surface area contributed by atoms with Gasteiger partial charge in [-0.2, -0.15) is 0 Å². The van der Waals surface area contributed by atoms with E-state index in [0.29, 0.717) is 10.9 Å². The molecule has 1 aliphatic heterocycles. The average molecular weight is 328 g/mol. The third-order valence-corrected chi connectivity index (χ3v) is 4.54. The summed E-state index contributed by atoms with van der Waals surface area (Å²) in [5.74, 6) is 0.643. The van der Waals surface area contributed by atoms with E-state index in [1.165, 1.54) is 12.8 Å². The molecule has 1 N–H and O–H groups in total. The number of halogens is 1. The van der Waals surface area contributed by atoms with E-state index >= 15 is 0 Å². The van der Waals surface area contributed by atoms with Crippen LogP contribution in [0, 0.1) is 5.92 Å². The maximum absolute atomic E-state index is 6.10. The number of nitrogens with one attached hydrogen (secondary N) is 1. The van der Waals surface area contributed by atoms with Crippen LogP contribution in [0.1, 0.15) is 18.5 Å². The summed E-state index contributed by atoms with van der Waals surface area (Å²) < 4.78 is 1.96. The minimum absolute atomic E-state index is 0.643. The second kappa shape index (κ2) is 6.26. The molecule has 4 heterocycles. The van der Waals surface area contributed by atoms with Gasteiger partial charge in [0.1, 0.15) is 11.3 Å². The third kappa shape index (κ3) is 3.07. The molecule has 4 rings (SSSR count). The van der Waals surface area contributed by atoms with Gasteiger partial charge < -0.3 is 5.32 Å². The first kappa shape index (κ1) is 14.6. The van der Waals surface area contributed by atoms with Crippen LogP contribution in [0.5, 0.6) is 0 Å². The standard InChI is InChI=1S/C17H18ClN5/c18-13-3-4-17-21-10-16(23(17)11-13)15-9-20-8-14(22-15)6-12-2-1-5-19-7-12/h3-4,8-12,19H,1-2,5-7H2. The van der Waals surface area contributed by atoms with Gasteiger partial charge in [0, 0.05) is 12.4 Å². The van der Waals surface area contributed by atoms with E-state index in [9.17, 15) is 0 Å². The Morgan fingerprint density at radius 1 is 1.26 bits per heavy atom. The van der Waals surface area contributed by atoms with Crippen LogP contribution in [0.15, 0.2) is 36.9 Å². The minimum Gasteiger partial charge on any atom is -0.316 e. The molecule has 0 amide bonds. The number of hydrogen-bond acceptors (Lipinski definition) is 4. The fourth-order valence-corrected chi connectivity index (χ4v) is 3.33. The number of aromatic nitrogens is 4. The van der Waals surface area contributed by atoms with Crippen molar-refractivity contribution in [2.45, 2.75) is 19.3 Å². The van der Waals surface area contributed by atoms with Crippen molar-refractivity contribution in [3.05, 3.63) is 47.6 Å². The van der Waals surface area contributed by atoms with Crippen molar-refractivity contribution in [2.75, 3.05) is 13.1 Å². The summed E-state index contributed by atoms with van der Waals surface area (Å²) in [5.41, 5.74) is 3.64. The van der Waals surface area contributed by atoms with Gasteiger partial charge in [0.25, 0.3) is 0 Å². The zero-order valence-corrected chi connectivity index (χ0v) is 13.5. The lowest BCUT2D eigenvalue weighted by molar-refractivity contribution is 0.373. The van der Waals surface area contributed by atoms with Crippen LogP contribution < -0.4 is 5.32 Å². The van der Waals surface area contributed by atoms with Crippen molar-refractivity contribution >= 4 is 17.2 Å². The Labute approximate surface area is 139 Å². The van der Waals surface area contributed by atoms with Gasteiger partial charge in [-0.1, -0.05) is 11.6 Å². The molecule has 0 radical (unpaired) electrons. The van der Waals surface area contributed by atoms with Gasteiger partial charge in [0.05, 0.1) is 28.8 Å². The van der Waals surface area contributed by atoms with E-state index in [0.717, 1.165) is 42.2 Å². The molecule has 1 fully saturated rings. The minimum atomic E-state index is 0.643. The molecule has 0 aliphatic carbocycles. The van der Waals surface area contributed by atoms with Crippen molar-refractivity contribution in [3.8, 4) is 11.4 Å². The molecule has 5 nitrogen and oxygen atoms in total. The molecule has 3 aromatic rings. The highest BCUT2D eigenvalue weighted by Crippen LogP contribution is 2.22. The quantitative estimate of drug-likeness (QED) is 0.803. The Morgan fingerprint density at radius 3 is 3.09 bits per heavy atom. The van der Waals surface area contributed by atoms with E-state index in [1.54, 1.807) is 6.20 Å². The average Bonchev–Trinajstić information content (AvgIpc) is 2.99. The summed E-state index contributed by atoms with van der Waals surface area (Å²) in [5, 5.41) is 4.13. The van der Waals surface area contributed by atoms with E-state index < -0.39 is 0 Å². The Morgan fingerprint density at radius 2 is 2.22 bits per heavy atom. The molecular weight excluding hydrogens is 310 g/mol. The first-order chi connectivity index (χ1) is 11.3. The maximum Gasteiger partial charge on any atom is 0.137 e. The molecule has 3 aromatic heterocycles. The topological polar surface area (TPSA) is 55.1 Å². The lowest BCUT2D eigenvalue weighted by Gasteiger charge is -2.22. The number of fused-ring (bicyclic) bond motifs is 1. The number of rotatable bonds is 3. The van der Waals surface area contributed by atoms with Crippen LogP contribution in [-0.4, -0.2) is 32.4 Å². The van der Waals surface area contributed by atoms with Crippen molar-refractivity contribution in [1.82, 2.24) is 24.7 Å². The first-order valence-corrected chi connectivity index (χ1v) is 8.32.